The maximum Gasteiger partial charge on any atom is 0.244 e. The van der Waals surface area contributed by atoms with Crippen LogP contribution in [0.4, 0.5) is 5.69 Å². The van der Waals surface area contributed by atoms with Crippen LogP contribution in [0.2, 0.25) is 0 Å². The molecule has 7 heteroatoms. The summed E-state index contributed by atoms with van der Waals surface area (Å²) in [5.41, 5.74) is 4.23. The molecule has 174 valence electrons. The van der Waals surface area contributed by atoms with Crippen molar-refractivity contribution in [3.8, 4) is 5.75 Å². The highest BCUT2D eigenvalue weighted by Gasteiger charge is 2.32. The number of aryl methyl sites for hydroxylation is 2. The number of hydrogen-bond acceptors (Lipinski definition) is 4. The van der Waals surface area contributed by atoms with E-state index < -0.39 is 16.1 Å². The van der Waals surface area contributed by atoms with Gasteiger partial charge >= 0.3 is 0 Å². The minimum atomic E-state index is -3.68. The first-order valence-electron chi connectivity index (χ1n) is 11.4. The first-order chi connectivity index (χ1) is 15.2. The van der Waals surface area contributed by atoms with E-state index in [2.05, 4.69) is 23.5 Å². The number of anilines is 1. The van der Waals surface area contributed by atoms with Crippen molar-refractivity contribution in [3.05, 3.63) is 59.2 Å². The van der Waals surface area contributed by atoms with Gasteiger partial charge in [-0.05, 0) is 86.9 Å². The Kier molecular flexibility index (Phi) is 7.82. The molecule has 3 rings (SSSR count). The molecule has 1 aliphatic carbocycles. The van der Waals surface area contributed by atoms with Crippen LogP contribution in [0.15, 0.2) is 42.5 Å². The number of hydrogen-bond donors (Lipinski definition) is 1. The van der Waals surface area contributed by atoms with Crippen LogP contribution in [0, 0.1) is 0 Å². The maximum absolute atomic E-state index is 13.2. The lowest BCUT2D eigenvalue weighted by Crippen LogP contribution is -2.49. The largest absolute Gasteiger partial charge is 0.494 e. The highest BCUT2D eigenvalue weighted by molar-refractivity contribution is 7.92. The van der Waals surface area contributed by atoms with E-state index in [0.29, 0.717) is 24.5 Å². The lowest BCUT2D eigenvalue weighted by Gasteiger charge is -2.31. The molecule has 1 N–H and O–H groups in total. The molecule has 0 heterocycles. The standard InChI is InChI=1S/C25H34N2O4S/c1-5-24(27(32(4,29)30)22-13-15-23(16-14-22)31-6-2)25(28)26-18(3)20-12-11-19-9-7-8-10-21(19)17-20/h11-18,24H,5-10H2,1-4H3,(H,26,28)/t18-,24+/m1/s1. The average Bonchev–Trinajstić information content (AvgIpc) is 2.77. The van der Waals surface area contributed by atoms with Crippen molar-refractivity contribution >= 4 is 21.6 Å². The number of ether oxygens (including phenoxy) is 1. The third-order valence-corrected chi connectivity index (χ3v) is 7.14. The molecule has 2 aromatic carbocycles. The topological polar surface area (TPSA) is 75.7 Å². The lowest BCUT2D eigenvalue weighted by molar-refractivity contribution is -0.122. The molecule has 0 aliphatic heterocycles. The van der Waals surface area contributed by atoms with Gasteiger partial charge in [0.1, 0.15) is 11.8 Å². The molecule has 0 saturated heterocycles. The molecule has 0 aromatic heterocycles. The van der Waals surface area contributed by atoms with Crippen LogP contribution in [0.1, 0.15) is 62.8 Å². The summed E-state index contributed by atoms with van der Waals surface area (Å²) >= 11 is 0. The summed E-state index contributed by atoms with van der Waals surface area (Å²) in [7, 11) is -3.68. The van der Waals surface area contributed by atoms with Crippen LogP contribution in [0.25, 0.3) is 0 Å². The first kappa shape index (κ1) is 24.1. The zero-order chi connectivity index (χ0) is 23.3. The third-order valence-electron chi connectivity index (χ3n) is 5.96. The quantitative estimate of drug-likeness (QED) is 0.605. The summed E-state index contributed by atoms with van der Waals surface area (Å²) in [6.07, 6.45) is 6.08. The maximum atomic E-state index is 13.2. The zero-order valence-electron chi connectivity index (χ0n) is 19.4. The number of carbonyl (C=O) groups is 1. The molecule has 0 unspecified atom stereocenters. The van der Waals surface area contributed by atoms with Gasteiger partial charge in [-0.25, -0.2) is 8.42 Å². The van der Waals surface area contributed by atoms with Gasteiger partial charge in [0.2, 0.25) is 15.9 Å². The Hall–Kier alpha value is -2.54. The number of nitrogens with one attached hydrogen (secondary N) is 1. The highest BCUT2D eigenvalue weighted by Crippen LogP contribution is 2.27. The third kappa shape index (κ3) is 5.63. The van der Waals surface area contributed by atoms with Gasteiger partial charge in [-0.3, -0.25) is 9.10 Å². The minimum absolute atomic E-state index is 0.217. The van der Waals surface area contributed by atoms with Gasteiger partial charge in [0.15, 0.2) is 0 Å². The van der Waals surface area contributed by atoms with E-state index in [9.17, 15) is 13.2 Å². The van der Waals surface area contributed by atoms with E-state index in [1.165, 1.54) is 28.3 Å². The first-order valence-corrected chi connectivity index (χ1v) is 13.2. The summed E-state index contributed by atoms with van der Waals surface area (Å²) in [6.45, 7) is 6.17. The molecule has 0 fully saturated rings. The van der Waals surface area contributed by atoms with Gasteiger partial charge in [-0.15, -0.1) is 0 Å². The summed E-state index contributed by atoms with van der Waals surface area (Å²) < 4.78 is 32.0. The number of amides is 1. The van der Waals surface area contributed by atoms with Crippen molar-refractivity contribution in [1.82, 2.24) is 5.32 Å². The normalized spacial score (nSPS) is 15.4. The predicted octanol–water partition coefficient (Wildman–Crippen LogP) is 4.39. The lowest BCUT2D eigenvalue weighted by atomic mass is 9.89. The number of carbonyl (C=O) groups excluding carboxylic acids is 1. The molecule has 0 radical (unpaired) electrons. The molecule has 2 aromatic rings. The minimum Gasteiger partial charge on any atom is -0.494 e. The Morgan fingerprint density at radius 2 is 1.72 bits per heavy atom. The Labute approximate surface area is 192 Å². The van der Waals surface area contributed by atoms with Crippen molar-refractivity contribution in [3.63, 3.8) is 0 Å². The SMILES string of the molecule is CCOc1ccc(N([C@@H](CC)C(=O)N[C@H](C)c2ccc3c(c2)CCCC3)S(C)(=O)=O)cc1. The molecule has 32 heavy (non-hydrogen) atoms. The number of nitrogens with zero attached hydrogens (tertiary/aromatic N) is 1. The van der Waals surface area contributed by atoms with Gasteiger partial charge in [-0.2, -0.15) is 0 Å². The Bertz CT molecular complexity index is 1030. The van der Waals surface area contributed by atoms with Crippen LogP contribution in [-0.2, 0) is 27.7 Å². The van der Waals surface area contributed by atoms with Gasteiger partial charge in [0.05, 0.1) is 24.6 Å². The van der Waals surface area contributed by atoms with E-state index in [0.717, 1.165) is 24.7 Å². The van der Waals surface area contributed by atoms with Crippen LogP contribution >= 0.6 is 0 Å². The fourth-order valence-corrected chi connectivity index (χ4v) is 5.54. The summed E-state index contributed by atoms with van der Waals surface area (Å²) in [4.78, 5) is 13.2. The number of fused-ring (bicyclic) bond motifs is 1. The summed E-state index contributed by atoms with van der Waals surface area (Å²) in [5, 5.41) is 3.04. The van der Waals surface area contributed by atoms with Gasteiger partial charge in [0, 0.05) is 0 Å². The van der Waals surface area contributed by atoms with Crippen molar-refractivity contribution in [2.45, 2.75) is 65.0 Å². The molecule has 0 spiro atoms. The van der Waals surface area contributed by atoms with Crippen LogP contribution < -0.4 is 14.4 Å². The number of rotatable bonds is 9. The van der Waals surface area contributed by atoms with Crippen molar-refractivity contribution in [2.24, 2.45) is 0 Å². The van der Waals surface area contributed by atoms with E-state index in [-0.39, 0.29) is 11.9 Å². The Balaban J connectivity index is 1.81. The zero-order valence-corrected chi connectivity index (χ0v) is 20.2. The number of sulfonamides is 1. The molecule has 1 amide bonds. The van der Waals surface area contributed by atoms with Gasteiger partial charge in [0.25, 0.3) is 0 Å². The average molecular weight is 459 g/mol. The summed E-state index contributed by atoms with van der Waals surface area (Å²) in [5.74, 6) is 0.347. The van der Waals surface area contributed by atoms with Crippen LogP contribution in [0.3, 0.4) is 0 Å². The molecule has 0 saturated carbocycles. The fraction of sp³-hybridized carbons (Fsp3) is 0.480. The highest BCUT2D eigenvalue weighted by atomic mass is 32.2. The second-order valence-electron chi connectivity index (χ2n) is 8.38. The van der Waals surface area contributed by atoms with Crippen molar-refractivity contribution in [1.29, 1.82) is 0 Å². The number of benzene rings is 2. The summed E-state index contributed by atoms with van der Waals surface area (Å²) in [6, 6.07) is 12.1. The molecular formula is C25H34N2O4S. The second-order valence-corrected chi connectivity index (χ2v) is 10.2. The van der Waals surface area contributed by atoms with Crippen molar-refractivity contribution < 1.29 is 17.9 Å². The van der Waals surface area contributed by atoms with E-state index >= 15 is 0 Å². The predicted molar refractivity (Wildman–Crippen MR) is 129 cm³/mol. The van der Waals surface area contributed by atoms with E-state index in [1.807, 2.05) is 20.8 Å². The Morgan fingerprint density at radius 3 is 2.31 bits per heavy atom. The molecular weight excluding hydrogens is 424 g/mol. The van der Waals surface area contributed by atoms with Crippen LogP contribution in [-0.4, -0.2) is 33.2 Å². The van der Waals surface area contributed by atoms with Crippen LogP contribution in [0.5, 0.6) is 5.75 Å². The van der Waals surface area contributed by atoms with E-state index in [1.54, 1.807) is 24.3 Å². The molecule has 2 atom stereocenters. The molecule has 1 aliphatic rings. The molecule has 0 bridgehead atoms. The monoisotopic (exact) mass is 458 g/mol. The second kappa shape index (κ2) is 10.4. The van der Waals surface area contributed by atoms with E-state index in [4.69, 9.17) is 4.74 Å². The fourth-order valence-electron chi connectivity index (χ4n) is 4.33. The molecule has 6 nitrogen and oxygen atoms in total. The smallest absolute Gasteiger partial charge is 0.244 e. The van der Waals surface area contributed by atoms with Gasteiger partial charge in [-0.1, -0.05) is 25.1 Å². The Morgan fingerprint density at radius 1 is 1.06 bits per heavy atom. The van der Waals surface area contributed by atoms with Gasteiger partial charge < -0.3 is 10.1 Å². The van der Waals surface area contributed by atoms with Crippen molar-refractivity contribution in [2.75, 3.05) is 17.2 Å².